The van der Waals surface area contributed by atoms with E-state index in [0.717, 1.165) is 49.7 Å². The van der Waals surface area contributed by atoms with Crippen molar-refractivity contribution in [2.45, 2.75) is 0 Å². The van der Waals surface area contributed by atoms with Gasteiger partial charge in [-0.25, -0.2) is 15.0 Å². The van der Waals surface area contributed by atoms with E-state index in [1.807, 2.05) is 0 Å². The predicted molar refractivity (Wildman–Crippen MR) is 248 cm³/mol. The van der Waals surface area contributed by atoms with Crippen LogP contribution in [0, 0.1) is 0 Å². The van der Waals surface area contributed by atoms with E-state index in [-0.39, 0.29) is 0 Å². The molecule has 59 heavy (non-hydrogen) atoms. The highest BCUT2D eigenvalue weighted by atomic mass is 32.1. The van der Waals surface area contributed by atoms with Gasteiger partial charge in [-0.1, -0.05) is 194 Å². The number of hydrogen-bond acceptors (Lipinski definition) is 4. The molecule has 4 heteroatoms. The molecule has 11 rings (SSSR count). The zero-order valence-corrected chi connectivity index (χ0v) is 32.8. The van der Waals surface area contributed by atoms with Crippen molar-refractivity contribution in [3.8, 4) is 78.7 Å². The van der Waals surface area contributed by atoms with Crippen molar-refractivity contribution in [2.75, 3.05) is 0 Å². The highest BCUT2D eigenvalue weighted by molar-refractivity contribution is 7.26. The van der Waals surface area contributed by atoms with E-state index in [1.54, 1.807) is 11.3 Å². The van der Waals surface area contributed by atoms with Gasteiger partial charge in [0.15, 0.2) is 17.5 Å². The monoisotopic (exact) mass is 769 g/mol. The van der Waals surface area contributed by atoms with Gasteiger partial charge in [0, 0.05) is 36.9 Å². The van der Waals surface area contributed by atoms with Gasteiger partial charge in [-0.05, 0) is 73.5 Å². The van der Waals surface area contributed by atoms with Crippen molar-refractivity contribution in [3.05, 3.63) is 212 Å². The highest BCUT2D eigenvalue weighted by Gasteiger charge is 2.20. The maximum atomic E-state index is 5.41. The summed E-state index contributed by atoms with van der Waals surface area (Å²) in [5.41, 5.74) is 12.1. The van der Waals surface area contributed by atoms with Gasteiger partial charge in [-0.3, -0.25) is 0 Å². The number of thiophene rings is 1. The molecule has 11 aromatic rings. The molecule has 0 amide bonds. The summed E-state index contributed by atoms with van der Waals surface area (Å²) in [5, 5.41) is 4.67. The second-order valence-electron chi connectivity index (χ2n) is 14.8. The zero-order valence-electron chi connectivity index (χ0n) is 32.0. The Morgan fingerprint density at radius 2 is 0.797 bits per heavy atom. The SMILES string of the molecule is c1ccc(-c2ccc(-c3ccc4ccccc4c3-c3nc(-c4ccc(-c5cccc(-c6ccccc6)c5)cc4)nc(-c4cccc5c4sc4ccccc45)n3)cc2)cc1. The molecule has 0 N–H and O–H groups in total. The quantitative estimate of drug-likeness (QED) is 0.162. The molecule has 9 aromatic carbocycles. The van der Waals surface area contributed by atoms with Gasteiger partial charge in [-0.2, -0.15) is 0 Å². The Morgan fingerprint density at radius 3 is 1.54 bits per heavy atom. The Kier molecular flexibility index (Phi) is 8.68. The van der Waals surface area contributed by atoms with Crippen molar-refractivity contribution in [3.63, 3.8) is 0 Å². The second-order valence-corrected chi connectivity index (χ2v) is 15.8. The van der Waals surface area contributed by atoms with Crippen LogP contribution in [0.4, 0.5) is 0 Å². The third kappa shape index (κ3) is 6.46. The zero-order chi connectivity index (χ0) is 39.1. The summed E-state index contributed by atoms with van der Waals surface area (Å²) in [7, 11) is 0. The van der Waals surface area contributed by atoms with E-state index >= 15 is 0 Å². The first-order valence-corrected chi connectivity index (χ1v) is 20.7. The first-order chi connectivity index (χ1) is 29.2. The van der Waals surface area contributed by atoms with Crippen molar-refractivity contribution < 1.29 is 0 Å². The fourth-order valence-electron chi connectivity index (χ4n) is 8.21. The first kappa shape index (κ1) is 34.7. The van der Waals surface area contributed by atoms with Crippen molar-refractivity contribution in [1.29, 1.82) is 0 Å². The Hall–Kier alpha value is -7.53. The Labute approximate surface area is 346 Å². The summed E-state index contributed by atoms with van der Waals surface area (Å²) >= 11 is 1.79. The van der Waals surface area contributed by atoms with Crippen LogP contribution >= 0.6 is 11.3 Å². The van der Waals surface area contributed by atoms with E-state index in [0.29, 0.717) is 17.5 Å². The molecule has 0 aliphatic rings. The lowest BCUT2D eigenvalue weighted by Crippen LogP contribution is -2.02. The lowest BCUT2D eigenvalue weighted by Gasteiger charge is -2.15. The van der Waals surface area contributed by atoms with Gasteiger partial charge < -0.3 is 0 Å². The molecular formula is C55H35N3S. The van der Waals surface area contributed by atoms with Gasteiger partial charge in [0.2, 0.25) is 0 Å². The second kappa shape index (κ2) is 14.8. The Morgan fingerprint density at radius 1 is 0.288 bits per heavy atom. The normalized spacial score (nSPS) is 11.4. The number of aromatic nitrogens is 3. The molecule has 0 radical (unpaired) electrons. The molecule has 0 atom stereocenters. The van der Waals surface area contributed by atoms with Gasteiger partial charge in [0.25, 0.3) is 0 Å². The van der Waals surface area contributed by atoms with E-state index in [4.69, 9.17) is 15.0 Å². The molecule has 0 spiro atoms. The van der Waals surface area contributed by atoms with Crippen LogP contribution in [-0.4, -0.2) is 15.0 Å². The molecule has 3 nitrogen and oxygen atoms in total. The number of fused-ring (bicyclic) bond motifs is 4. The minimum absolute atomic E-state index is 0.631. The van der Waals surface area contributed by atoms with Crippen molar-refractivity contribution >= 4 is 42.3 Å². The molecule has 0 aliphatic heterocycles. The van der Waals surface area contributed by atoms with Gasteiger partial charge in [-0.15, -0.1) is 11.3 Å². The number of nitrogens with zero attached hydrogens (tertiary/aromatic N) is 3. The van der Waals surface area contributed by atoms with E-state index in [2.05, 4.69) is 212 Å². The largest absolute Gasteiger partial charge is 0.208 e. The molecule has 0 saturated carbocycles. The lowest BCUT2D eigenvalue weighted by atomic mass is 9.92. The molecule has 0 fully saturated rings. The average Bonchev–Trinajstić information content (AvgIpc) is 3.71. The maximum Gasteiger partial charge on any atom is 0.165 e. The summed E-state index contributed by atoms with van der Waals surface area (Å²) in [6.45, 7) is 0. The number of benzene rings is 9. The van der Waals surface area contributed by atoms with Crippen LogP contribution in [0.15, 0.2) is 212 Å². The Bertz CT molecular complexity index is 3300. The smallest absolute Gasteiger partial charge is 0.165 e. The summed E-state index contributed by atoms with van der Waals surface area (Å²) < 4.78 is 2.41. The molecule has 2 aromatic heterocycles. The fraction of sp³-hybridized carbons (Fsp3) is 0. The van der Waals surface area contributed by atoms with Crippen molar-refractivity contribution in [2.24, 2.45) is 0 Å². The molecule has 276 valence electrons. The van der Waals surface area contributed by atoms with Gasteiger partial charge in [0.05, 0.1) is 0 Å². The predicted octanol–water partition coefficient (Wildman–Crippen LogP) is 15.1. The molecular weight excluding hydrogens is 735 g/mol. The van der Waals surface area contributed by atoms with E-state index in [9.17, 15) is 0 Å². The Balaban J connectivity index is 1.10. The van der Waals surface area contributed by atoms with Gasteiger partial charge >= 0.3 is 0 Å². The van der Waals surface area contributed by atoms with E-state index < -0.39 is 0 Å². The topological polar surface area (TPSA) is 38.7 Å². The highest BCUT2D eigenvalue weighted by Crippen LogP contribution is 2.42. The fourth-order valence-corrected chi connectivity index (χ4v) is 9.42. The average molecular weight is 770 g/mol. The maximum absolute atomic E-state index is 5.41. The third-order valence-corrected chi connectivity index (χ3v) is 12.4. The van der Waals surface area contributed by atoms with Gasteiger partial charge in [0.1, 0.15) is 0 Å². The minimum Gasteiger partial charge on any atom is -0.208 e. The third-order valence-electron chi connectivity index (χ3n) is 11.2. The lowest BCUT2D eigenvalue weighted by molar-refractivity contribution is 1.08. The van der Waals surface area contributed by atoms with Crippen molar-refractivity contribution in [1.82, 2.24) is 15.0 Å². The standard InChI is InChI=1S/C55H35N3S/c1-3-13-36(14-4-1)38-25-29-41(30-26-38)46-34-33-40-17-7-8-20-45(40)51(46)55-57-53(56-54(58-55)49-23-12-22-48-47-21-9-10-24-50(47)59-52(48)49)42-31-27-39(28-32-42)44-19-11-18-43(35-44)37-15-5-2-6-16-37/h1-35H. The summed E-state index contributed by atoms with van der Waals surface area (Å²) in [5.74, 6) is 1.92. The van der Waals surface area contributed by atoms with E-state index in [1.165, 1.54) is 42.4 Å². The first-order valence-electron chi connectivity index (χ1n) is 19.8. The van der Waals surface area contributed by atoms with Crippen LogP contribution in [0.2, 0.25) is 0 Å². The molecule has 0 unspecified atom stereocenters. The molecule has 0 saturated heterocycles. The van der Waals surface area contributed by atoms with Crippen LogP contribution in [0.3, 0.4) is 0 Å². The summed E-state index contributed by atoms with van der Waals surface area (Å²) in [6, 6.07) is 75.2. The van der Waals surface area contributed by atoms with Crippen LogP contribution in [-0.2, 0) is 0 Å². The minimum atomic E-state index is 0.631. The van der Waals surface area contributed by atoms with Crippen LogP contribution in [0.1, 0.15) is 0 Å². The number of hydrogen-bond donors (Lipinski definition) is 0. The van der Waals surface area contributed by atoms with Crippen LogP contribution in [0.5, 0.6) is 0 Å². The summed E-state index contributed by atoms with van der Waals surface area (Å²) in [6.07, 6.45) is 0. The summed E-state index contributed by atoms with van der Waals surface area (Å²) in [4.78, 5) is 16.1. The van der Waals surface area contributed by atoms with Crippen LogP contribution < -0.4 is 0 Å². The molecule has 0 aliphatic carbocycles. The van der Waals surface area contributed by atoms with Crippen LogP contribution in [0.25, 0.3) is 110 Å². The molecule has 2 heterocycles. The molecule has 0 bridgehead atoms. The number of rotatable bonds is 7.